The summed E-state index contributed by atoms with van der Waals surface area (Å²) in [4.78, 5) is 0.208. The molecule has 0 saturated carbocycles. The third-order valence-corrected chi connectivity index (χ3v) is 4.38. The van der Waals surface area contributed by atoms with Crippen LogP contribution in [-0.4, -0.2) is 24.7 Å². The normalized spacial score (nSPS) is 11.9. The number of nitrogens with zero attached hydrogens (tertiary/aromatic N) is 2. The number of hydrogen-bond donors (Lipinski definition) is 1. The molecule has 0 bridgehead atoms. The first-order valence-electron chi connectivity index (χ1n) is 6.57. The lowest BCUT2D eigenvalue weighted by Crippen LogP contribution is -2.25. The Labute approximate surface area is 119 Å². The van der Waals surface area contributed by atoms with Crippen LogP contribution in [0.2, 0.25) is 0 Å². The molecule has 0 fully saturated rings. The van der Waals surface area contributed by atoms with Crippen molar-refractivity contribution < 1.29 is 8.42 Å². The highest BCUT2D eigenvalue weighted by Crippen LogP contribution is 2.10. The summed E-state index contributed by atoms with van der Waals surface area (Å²) in [5.74, 6) is 0. The average molecular weight is 293 g/mol. The zero-order valence-corrected chi connectivity index (χ0v) is 12.5. The van der Waals surface area contributed by atoms with E-state index in [1.165, 1.54) is 6.20 Å². The van der Waals surface area contributed by atoms with Crippen LogP contribution in [0.15, 0.2) is 47.6 Å². The summed E-state index contributed by atoms with van der Waals surface area (Å²) < 4.78 is 28.4. The van der Waals surface area contributed by atoms with Crippen molar-refractivity contribution in [2.75, 3.05) is 6.54 Å². The number of sulfonamides is 1. The molecule has 0 aliphatic rings. The van der Waals surface area contributed by atoms with E-state index in [9.17, 15) is 8.42 Å². The van der Waals surface area contributed by atoms with Gasteiger partial charge in [0.05, 0.1) is 6.20 Å². The van der Waals surface area contributed by atoms with Crippen molar-refractivity contribution in [3.05, 3.63) is 48.3 Å². The Hall–Kier alpha value is -1.66. The van der Waals surface area contributed by atoms with Crippen LogP contribution >= 0.6 is 0 Å². The van der Waals surface area contributed by atoms with Crippen molar-refractivity contribution in [3.63, 3.8) is 0 Å². The first kappa shape index (κ1) is 14.7. The Morgan fingerprint density at radius 2 is 1.95 bits per heavy atom. The van der Waals surface area contributed by atoms with Crippen molar-refractivity contribution in [2.24, 2.45) is 0 Å². The second kappa shape index (κ2) is 6.19. The highest BCUT2D eigenvalue weighted by molar-refractivity contribution is 7.89. The van der Waals surface area contributed by atoms with Gasteiger partial charge >= 0.3 is 0 Å². The van der Waals surface area contributed by atoms with Gasteiger partial charge in [0.15, 0.2) is 0 Å². The Morgan fingerprint density at radius 3 is 2.55 bits per heavy atom. The first-order valence-corrected chi connectivity index (χ1v) is 8.05. The van der Waals surface area contributed by atoms with Crippen molar-refractivity contribution in [3.8, 4) is 0 Å². The van der Waals surface area contributed by atoms with Crippen molar-refractivity contribution >= 4 is 10.0 Å². The van der Waals surface area contributed by atoms with Crippen molar-refractivity contribution in [1.29, 1.82) is 0 Å². The van der Waals surface area contributed by atoms with Gasteiger partial charge in [-0.3, -0.25) is 4.68 Å². The molecule has 0 amide bonds. The minimum Gasteiger partial charge on any atom is -0.269 e. The number of nitrogens with one attached hydrogen (secondary N) is 1. The second-order valence-electron chi connectivity index (χ2n) is 4.88. The van der Waals surface area contributed by atoms with Gasteiger partial charge in [0, 0.05) is 18.8 Å². The van der Waals surface area contributed by atoms with Crippen LogP contribution in [0.5, 0.6) is 0 Å². The molecule has 20 heavy (non-hydrogen) atoms. The maximum atomic E-state index is 12.1. The van der Waals surface area contributed by atoms with Gasteiger partial charge in [-0.15, -0.1) is 0 Å². The van der Waals surface area contributed by atoms with Gasteiger partial charge in [0.2, 0.25) is 10.0 Å². The molecule has 1 heterocycles. The third kappa shape index (κ3) is 3.68. The van der Waals surface area contributed by atoms with Crippen LogP contribution in [0, 0.1) is 0 Å². The fourth-order valence-corrected chi connectivity index (χ4v) is 2.77. The molecule has 2 rings (SSSR count). The number of aromatic nitrogens is 2. The fraction of sp³-hybridized carbons (Fsp3) is 0.357. The summed E-state index contributed by atoms with van der Waals surface area (Å²) in [5, 5.41) is 4.05. The molecule has 1 aromatic heterocycles. The first-order chi connectivity index (χ1) is 9.49. The second-order valence-corrected chi connectivity index (χ2v) is 6.65. The number of hydrogen-bond acceptors (Lipinski definition) is 3. The van der Waals surface area contributed by atoms with Crippen molar-refractivity contribution in [1.82, 2.24) is 14.5 Å². The number of rotatable bonds is 6. The predicted octanol–water partition coefficient (Wildman–Crippen LogP) is 1.99. The lowest BCUT2D eigenvalue weighted by atomic mass is 10.2. The van der Waals surface area contributed by atoms with Gasteiger partial charge in [-0.2, -0.15) is 5.10 Å². The quantitative estimate of drug-likeness (QED) is 0.886. The molecule has 1 N–H and O–H groups in total. The number of benzene rings is 1. The summed E-state index contributed by atoms with van der Waals surface area (Å²) in [6.45, 7) is 4.28. The molecule has 5 nitrogen and oxygen atoms in total. The van der Waals surface area contributed by atoms with Gasteiger partial charge in [-0.1, -0.05) is 30.3 Å². The van der Waals surface area contributed by atoms with E-state index < -0.39 is 10.0 Å². The Morgan fingerprint density at radius 1 is 1.25 bits per heavy atom. The standard InChI is InChI=1S/C14H19N3O2S/c1-12(2)17-11-14(10-15-17)20(18,19)16-9-8-13-6-4-3-5-7-13/h3-7,10-12,16H,8-9H2,1-2H3. The molecule has 0 aliphatic heterocycles. The molecule has 6 heteroatoms. The Balaban J connectivity index is 1.97. The summed E-state index contributed by atoms with van der Waals surface area (Å²) in [6.07, 6.45) is 3.60. The maximum Gasteiger partial charge on any atom is 0.243 e. The minimum atomic E-state index is -3.48. The monoisotopic (exact) mass is 293 g/mol. The highest BCUT2D eigenvalue weighted by atomic mass is 32.2. The van der Waals surface area contributed by atoms with Crippen molar-refractivity contribution in [2.45, 2.75) is 31.2 Å². The van der Waals surface area contributed by atoms with E-state index in [0.29, 0.717) is 13.0 Å². The van der Waals surface area contributed by atoms with Crippen LogP contribution in [0.1, 0.15) is 25.5 Å². The molecular formula is C14H19N3O2S. The van der Waals surface area contributed by atoms with Gasteiger partial charge in [0.1, 0.15) is 4.90 Å². The molecule has 2 aromatic rings. The fourth-order valence-electron chi connectivity index (χ4n) is 1.80. The summed E-state index contributed by atoms with van der Waals surface area (Å²) >= 11 is 0. The third-order valence-electron chi connectivity index (χ3n) is 2.97. The molecular weight excluding hydrogens is 274 g/mol. The summed E-state index contributed by atoms with van der Waals surface area (Å²) in [7, 11) is -3.48. The topological polar surface area (TPSA) is 64.0 Å². The molecule has 1 aromatic carbocycles. The van der Waals surface area contributed by atoms with Crippen LogP contribution < -0.4 is 4.72 Å². The SMILES string of the molecule is CC(C)n1cc(S(=O)(=O)NCCc2ccccc2)cn1. The molecule has 108 valence electrons. The average Bonchev–Trinajstić information content (AvgIpc) is 2.90. The van der Waals surface area contributed by atoms with E-state index in [-0.39, 0.29) is 10.9 Å². The maximum absolute atomic E-state index is 12.1. The van der Waals surface area contributed by atoms with E-state index in [1.807, 2.05) is 44.2 Å². The van der Waals surface area contributed by atoms with E-state index >= 15 is 0 Å². The molecule has 0 aliphatic carbocycles. The van der Waals surface area contributed by atoms with Crippen LogP contribution in [-0.2, 0) is 16.4 Å². The van der Waals surface area contributed by atoms with E-state index in [1.54, 1.807) is 10.9 Å². The summed E-state index contributed by atoms with van der Waals surface area (Å²) in [5.41, 5.74) is 1.10. The lowest BCUT2D eigenvalue weighted by molar-refractivity contribution is 0.531. The predicted molar refractivity (Wildman–Crippen MR) is 77.9 cm³/mol. The van der Waals surface area contributed by atoms with Crippen LogP contribution in [0.4, 0.5) is 0 Å². The Bertz CT molecular complexity index is 648. The molecule has 0 spiro atoms. The molecule has 0 unspecified atom stereocenters. The van der Waals surface area contributed by atoms with Gasteiger partial charge in [-0.25, -0.2) is 13.1 Å². The van der Waals surface area contributed by atoms with Gasteiger partial charge in [0.25, 0.3) is 0 Å². The smallest absolute Gasteiger partial charge is 0.243 e. The molecule has 0 saturated heterocycles. The van der Waals surface area contributed by atoms with Crippen LogP contribution in [0.3, 0.4) is 0 Å². The largest absolute Gasteiger partial charge is 0.269 e. The van der Waals surface area contributed by atoms with Crippen LogP contribution in [0.25, 0.3) is 0 Å². The van der Waals surface area contributed by atoms with Gasteiger partial charge in [-0.05, 0) is 25.8 Å². The van der Waals surface area contributed by atoms with E-state index in [4.69, 9.17) is 0 Å². The zero-order valence-electron chi connectivity index (χ0n) is 11.7. The molecule has 0 radical (unpaired) electrons. The lowest BCUT2D eigenvalue weighted by Gasteiger charge is -2.05. The molecule has 0 atom stereocenters. The van der Waals surface area contributed by atoms with Gasteiger partial charge < -0.3 is 0 Å². The van der Waals surface area contributed by atoms with E-state index in [0.717, 1.165) is 5.56 Å². The minimum absolute atomic E-state index is 0.142. The summed E-state index contributed by atoms with van der Waals surface area (Å²) in [6, 6.07) is 9.92. The Kier molecular flexibility index (Phi) is 4.57. The highest BCUT2D eigenvalue weighted by Gasteiger charge is 2.16. The van der Waals surface area contributed by atoms with E-state index in [2.05, 4.69) is 9.82 Å². The zero-order chi connectivity index (χ0) is 14.6.